The highest BCUT2D eigenvalue weighted by Gasteiger charge is 2.17. The third kappa shape index (κ3) is 3.31. The number of hydrogen-bond acceptors (Lipinski definition) is 7. The largest absolute Gasteiger partial charge is 0.376 e. The summed E-state index contributed by atoms with van der Waals surface area (Å²) >= 11 is 1.07. The van der Waals surface area contributed by atoms with Gasteiger partial charge in [0, 0.05) is 47.9 Å². The molecule has 6 aromatic rings. The van der Waals surface area contributed by atoms with Crippen LogP contribution < -0.4 is 4.90 Å². The number of thiophene rings is 1. The Balaban J connectivity index is 1.48. The Kier molecular flexibility index (Phi) is 4.40. The second-order valence-corrected chi connectivity index (χ2v) is 8.82. The maximum absolute atomic E-state index is 13.6. The van der Waals surface area contributed by atoms with Crippen LogP contribution in [0, 0.1) is 5.13 Å². The highest BCUT2D eigenvalue weighted by atomic mass is 32.1. The number of nitrogens with zero attached hydrogens (tertiary/aromatic N) is 6. The molecule has 8 nitrogen and oxygen atoms in total. The van der Waals surface area contributed by atoms with Gasteiger partial charge in [0.05, 0.1) is 41.0 Å². The fourth-order valence-corrected chi connectivity index (χ4v) is 4.49. The average molecular weight is 457 g/mol. The molecule has 162 valence electrons. The van der Waals surface area contributed by atoms with Gasteiger partial charge in [-0.1, -0.05) is 0 Å². The molecule has 0 aliphatic heterocycles. The van der Waals surface area contributed by atoms with Crippen molar-refractivity contribution in [1.29, 1.82) is 0 Å². The maximum Gasteiger partial charge on any atom is 0.176 e. The van der Waals surface area contributed by atoms with E-state index < -0.39 is 0 Å². The molecule has 10 heteroatoms. The van der Waals surface area contributed by atoms with Crippen molar-refractivity contribution in [3.05, 3.63) is 60.4 Å². The van der Waals surface area contributed by atoms with E-state index in [0.717, 1.165) is 60.7 Å². The molecule has 0 aromatic carbocycles. The zero-order chi connectivity index (χ0) is 22.5. The Bertz CT molecular complexity index is 1630. The molecule has 6 rings (SSSR count). The topological polar surface area (TPSA) is 99.3 Å². The Morgan fingerprint density at radius 3 is 2.67 bits per heavy atom. The predicted molar refractivity (Wildman–Crippen MR) is 128 cm³/mol. The number of anilines is 1. The summed E-state index contributed by atoms with van der Waals surface area (Å²) in [5.74, 6) is 0.597. The van der Waals surface area contributed by atoms with Crippen molar-refractivity contribution in [3.8, 4) is 33.2 Å². The van der Waals surface area contributed by atoms with Crippen molar-refractivity contribution in [1.82, 2.24) is 35.1 Å². The zero-order valence-corrected chi connectivity index (χ0v) is 18.5. The molecule has 0 saturated heterocycles. The molecule has 0 saturated carbocycles. The third-order valence-electron chi connectivity index (χ3n) is 5.44. The van der Waals surface area contributed by atoms with E-state index in [4.69, 9.17) is 4.98 Å². The summed E-state index contributed by atoms with van der Waals surface area (Å²) in [4.78, 5) is 24.1. The monoisotopic (exact) mass is 456 g/mol. The summed E-state index contributed by atoms with van der Waals surface area (Å²) in [5, 5.41) is 8.15. The molecule has 2 N–H and O–H groups in total. The van der Waals surface area contributed by atoms with Gasteiger partial charge in [0.25, 0.3) is 0 Å². The van der Waals surface area contributed by atoms with Crippen LogP contribution in [0.3, 0.4) is 0 Å². The summed E-state index contributed by atoms with van der Waals surface area (Å²) in [6.45, 7) is 0. The minimum absolute atomic E-state index is 0.246. The van der Waals surface area contributed by atoms with Crippen LogP contribution in [0.5, 0.6) is 0 Å². The summed E-state index contributed by atoms with van der Waals surface area (Å²) in [6, 6.07) is 7.21. The van der Waals surface area contributed by atoms with Gasteiger partial charge >= 0.3 is 0 Å². The van der Waals surface area contributed by atoms with Crippen molar-refractivity contribution in [2.75, 3.05) is 19.0 Å². The highest BCUT2D eigenvalue weighted by Crippen LogP contribution is 2.34. The van der Waals surface area contributed by atoms with Gasteiger partial charge in [-0.2, -0.15) is 9.49 Å². The highest BCUT2D eigenvalue weighted by molar-refractivity contribution is 7.14. The van der Waals surface area contributed by atoms with E-state index in [1.54, 1.807) is 30.9 Å². The van der Waals surface area contributed by atoms with Crippen LogP contribution in [0.15, 0.2) is 55.2 Å². The zero-order valence-electron chi connectivity index (χ0n) is 17.7. The first kappa shape index (κ1) is 19.5. The van der Waals surface area contributed by atoms with Gasteiger partial charge in [-0.25, -0.2) is 4.98 Å². The number of fused-ring (bicyclic) bond motifs is 2. The van der Waals surface area contributed by atoms with Crippen LogP contribution in [0.4, 0.5) is 10.1 Å². The van der Waals surface area contributed by atoms with Crippen LogP contribution in [0.1, 0.15) is 0 Å². The number of aromatic nitrogens is 7. The lowest BCUT2D eigenvalue weighted by Crippen LogP contribution is -2.08. The van der Waals surface area contributed by atoms with E-state index >= 15 is 0 Å². The number of imidazole rings is 1. The summed E-state index contributed by atoms with van der Waals surface area (Å²) in [7, 11) is 3.95. The number of rotatable bonds is 4. The molecule has 0 radical (unpaired) electrons. The Morgan fingerprint density at radius 2 is 1.85 bits per heavy atom. The quantitative estimate of drug-likeness (QED) is 0.392. The van der Waals surface area contributed by atoms with Crippen molar-refractivity contribution in [3.63, 3.8) is 0 Å². The minimum Gasteiger partial charge on any atom is -0.376 e. The normalized spacial score (nSPS) is 11.5. The fourth-order valence-electron chi connectivity index (χ4n) is 3.75. The number of halogens is 1. The van der Waals surface area contributed by atoms with Crippen LogP contribution in [0.2, 0.25) is 0 Å². The van der Waals surface area contributed by atoms with Gasteiger partial charge in [0.15, 0.2) is 11.0 Å². The average Bonchev–Trinajstić information content (AvgIpc) is 3.55. The van der Waals surface area contributed by atoms with E-state index in [2.05, 4.69) is 30.1 Å². The molecule has 0 fully saturated rings. The first-order chi connectivity index (χ1) is 16.1. The predicted octanol–water partition coefficient (Wildman–Crippen LogP) is 4.89. The van der Waals surface area contributed by atoms with E-state index in [1.807, 2.05) is 37.3 Å². The van der Waals surface area contributed by atoms with Crippen molar-refractivity contribution < 1.29 is 4.39 Å². The Morgan fingerprint density at radius 1 is 0.970 bits per heavy atom. The van der Waals surface area contributed by atoms with Gasteiger partial charge in [-0.15, -0.1) is 11.3 Å². The molecular weight excluding hydrogens is 439 g/mol. The summed E-state index contributed by atoms with van der Waals surface area (Å²) in [6.07, 6.45) is 8.77. The van der Waals surface area contributed by atoms with Gasteiger partial charge in [0.2, 0.25) is 0 Å². The van der Waals surface area contributed by atoms with Gasteiger partial charge in [0.1, 0.15) is 11.2 Å². The molecule has 0 amide bonds. The number of nitrogens with one attached hydrogen (secondary N) is 2. The Hall–Kier alpha value is -4.18. The smallest absolute Gasteiger partial charge is 0.176 e. The molecule has 33 heavy (non-hydrogen) atoms. The number of hydrogen-bond donors (Lipinski definition) is 2. The summed E-state index contributed by atoms with van der Waals surface area (Å²) < 4.78 is 13.6. The maximum atomic E-state index is 13.6. The van der Waals surface area contributed by atoms with Crippen molar-refractivity contribution in [2.24, 2.45) is 0 Å². The molecule has 0 spiro atoms. The third-order valence-corrected chi connectivity index (χ3v) is 6.35. The number of H-pyrrole nitrogens is 2. The van der Waals surface area contributed by atoms with Gasteiger partial charge in [-0.3, -0.25) is 20.1 Å². The first-order valence-corrected chi connectivity index (χ1v) is 10.9. The van der Waals surface area contributed by atoms with E-state index in [0.29, 0.717) is 11.5 Å². The fraction of sp³-hybridized carbons (Fsp3) is 0.0870. The van der Waals surface area contributed by atoms with E-state index in [9.17, 15) is 4.39 Å². The van der Waals surface area contributed by atoms with Gasteiger partial charge in [-0.05, 0) is 24.3 Å². The lowest BCUT2D eigenvalue weighted by molar-refractivity contribution is 0.657. The molecule has 0 unspecified atom stereocenters. The summed E-state index contributed by atoms with van der Waals surface area (Å²) in [5.41, 5.74) is 6.40. The molecule has 0 bridgehead atoms. The van der Waals surface area contributed by atoms with E-state index in [1.165, 1.54) is 6.07 Å². The Labute approximate surface area is 191 Å². The van der Waals surface area contributed by atoms with Crippen LogP contribution >= 0.6 is 11.3 Å². The molecule has 0 aliphatic carbocycles. The van der Waals surface area contributed by atoms with Gasteiger partial charge < -0.3 is 9.88 Å². The first-order valence-electron chi connectivity index (χ1n) is 10.1. The molecular formula is C23H17FN8S. The molecule has 0 atom stereocenters. The SMILES string of the molecule is CN(C)c1cncc(-c2cc3c(-c4nc5c(-c6ccc(F)s6)cncc5[nH]4)n[nH]c3cn2)c1. The van der Waals surface area contributed by atoms with Crippen LogP contribution in [-0.4, -0.2) is 49.2 Å². The lowest BCUT2D eigenvalue weighted by Gasteiger charge is -2.12. The second kappa shape index (κ2) is 7.45. The molecule has 6 heterocycles. The lowest BCUT2D eigenvalue weighted by atomic mass is 10.1. The van der Waals surface area contributed by atoms with Crippen LogP contribution in [0.25, 0.3) is 55.2 Å². The minimum atomic E-state index is -0.246. The second-order valence-electron chi connectivity index (χ2n) is 7.79. The van der Waals surface area contributed by atoms with E-state index in [-0.39, 0.29) is 5.13 Å². The number of pyridine rings is 3. The molecule has 0 aliphatic rings. The van der Waals surface area contributed by atoms with Crippen LogP contribution in [-0.2, 0) is 0 Å². The van der Waals surface area contributed by atoms with Crippen molar-refractivity contribution >= 4 is 39.0 Å². The van der Waals surface area contributed by atoms with Crippen molar-refractivity contribution in [2.45, 2.75) is 0 Å². The standard InChI is InChI=1S/C23H17FN8S/c1-32(2)13-5-12(7-25-8-13)16-6-14-17(11-27-16)30-31-22(14)23-28-18-10-26-9-15(21(18)29-23)19-3-4-20(24)33-19/h3-11H,1-2H3,(H,28,29)(H,30,31). The molecule has 6 aromatic heterocycles. The number of aromatic amines is 2.